The van der Waals surface area contributed by atoms with Crippen molar-refractivity contribution in [1.29, 1.82) is 0 Å². The third-order valence-electron chi connectivity index (χ3n) is 4.21. The average molecular weight is 314 g/mol. The zero-order valence-electron chi connectivity index (χ0n) is 13.1. The van der Waals surface area contributed by atoms with Crippen molar-refractivity contribution in [1.82, 2.24) is 0 Å². The van der Waals surface area contributed by atoms with Gasteiger partial charge < -0.3 is 22.5 Å². The van der Waals surface area contributed by atoms with Crippen LogP contribution in [0.15, 0.2) is 66.7 Å². The first kappa shape index (κ1) is 14.2. The second-order valence-corrected chi connectivity index (χ2v) is 5.95. The summed E-state index contributed by atoms with van der Waals surface area (Å²) in [7, 11) is 0. The van der Waals surface area contributed by atoms with Crippen molar-refractivity contribution < 1.29 is 0 Å². The van der Waals surface area contributed by atoms with E-state index in [9.17, 15) is 0 Å². The summed E-state index contributed by atoms with van der Waals surface area (Å²) < 4.78 is 0. The lowest BCUT2D eigenvalue weighted by atomic mass is 10.1. The lowest BCUT2D eigenvalue weighted by Crippen LogP contribution is -1.95. The topological polar surface area (TPSA) is 90.1 Å². The molecule has 0 aliphatic carbocycles. The lowest BCUT2D eigenvalue weighted by molar-refractivity contribution is 1.58. The minimum Gasteiger partial charge on any atom is -0.399 e. The Balaban J connectivity index is 1.75. The zero-order chi connectivity index (χ0) is 16.7. The fourth-order valence-corrected chi connectivity index (χ4v) is 3.03. The van der Waals surface area contributed by atoms with E-state index in [1.807, 2.05) is 48.5 Å². The number of hydrogen-bond donors (Lipinski definition) is 4. The van der Waals surface area contributed by atoms with Crippen LogP contribution in [0.25, 0.3) is 21.5 Å². The first-order valence-electron chi connectivity index (χ1n) is 7.74. The Kier molecular flexibility index (Phi) is 3.17. The predicted octanol–water partition coefficient (Wildman–Crippen LogP) is 4.48. The molecular formula is C20H18N4. The smallest absolute Gasteiger partial charge is 0.0415 e. The van der Waals surface area contributed by atoms with E-state index < -0.39 is 0 Å². The maximum absolute atomic E-state index is 6.18. The fourth-order valence-electron chi connectivity index (χ4n) is 3.03. The van der Waals surface area contributed by atoms with Crippen molar-refractivity contribution in [2.75, 3.05) is 22.5 Å². The summed E-state index contributed by atoms with van der Waals surface area (Å²) in [5, 5.41) is 7.58. The Morgan fingerprint density at radius 1 is 0.583 bits per heavy atom. The molecule has 118 valence electrons. The number of nitrogens with one attached hydrogen (secondary N) is 1. The van der Waals surface area contributed by atoms with E-state index in [1.54, 1.807) is 0 Å². The molecule has 4 heteroatoms. The van der Waals surface area contributed by atoms with Gasteiger partial charge in [-0.1, -0.05) is 24.3 Å². The van der Waals surface area contributed by atoms with Crippen LogP contribution in [0.1, 0.15) is 0 Å². The Morgan fingerprint density at radius 3 is 2.25 bits per heavy atom. The third-order valence-corrected chi connectivity index (χ3v) is 4.21. The molecule has 0 saturated heterocycles. The van der Waals surface area contributed by atoms with Crippen molar-refractivity contribution in [3.8, 4) is 0 Å². The Morgan fingerprint density at radius 2 is 1.38 bits per heavy atom. The minimum absolute atomic E-state index is 0.701. The van der Waals surface area contributed by atoms with Crippen LogP contribution in [0.4, 0.5) is 28.4 Å². The maximum atomic E-state index is 6.18. The van der Waals surface area contributed by atoms with Crippen LogP contribution in [-0.2, 0) is 0 Å². The molecule has 4 nitrogen and oxygen atoms in total. The second kappa shape index (κ2) is 5.35. The molecule has 4 aromatic rings. The number of hydrogen-bond acceptors (Lipinski definition) is 4. The van der Waals surface area contributed by atoms with Gasteiger partial charge in [0, 0.05) is 39.2 Å². The number of fused-ring (bicyclic) bond motifs is 2. The lowest BCUT2D eigenvalue weighted by Gasteiger charge is -2.11. The van der Waals surface area contributed by atoms with Gasteiger partial charge in [0.05, 0.1) is 0 Å². The van der Waals surface area contributed by atoms with Crippen LogP contribution in [0, 0.1) is 0 Å². The van der Waals surface area contributed by atoms with Crippen molar-refractivity contribution >= 4 is 50.0 Å². The fraction of sp³-hybridized carbons (Fsp3) is 0. The Hall–Kier alpha value is -3.40. The number of anilines is 5. The zero-order valence-corrected chi connectivity index (χ0v) is 13.1. The number of nitrogens with two attached hydrogens (primary N) is 3. The van der Waals surface area contributed by atoms with E-state index in [1.165, 1.54) is 0 Å². The highest BCUT2D eigenvalue weighted by Crippen LogP contribution is 2.31. The van der Waals surface area contributed by atoms with E-state index in [2.05, 4.69) is 23.5 Å². The number of benzene rings is 4. The molecule has 0 aliphatic heterocycles. The summed E-state index contributed by atoms with van der Waals surface area (Å²) >= 11 is 0. The molecule has 0 bridgehead atoms. The summed E-state index contributed by atoms with van der Waals surface area (Å²) in [5.41, 5.74) is 22.1. The maximum Gasteiger partial charge on any atom is 0.0415 e. The quantitative estimate of drug-likeness (QED) is 0.410. The predicted molar refractivity (Wildman–Crippen MR) is 104 cm³/mol. The standard InChI is InChI=1S/C20H18N4/c21-14-5-4-13-9-16(11-20(23)18(13)10-14)24-15-6-7-17-12(8-15)2-1-3-19(17)22/h1-11,24H,21-23H2. The number of rotatable bonds is 2. The van der Waals surface area contributed by atoms with Crippen LogP contribution in [0.2, 0.25) is 0 Å². The molecule has 0 spiro atoms. The first-order chi connectivity index (χ1) is 11.6. The SMILES string of the molecule is Nc1ccc2cc(Nc3ccc4c(N)cccc4c3)cc(N)c2c1. The van der Waals surface area contributed by atoms with E-state index in [0.29, 0.717) is 11.4 Å². The van der Waals surface area contributed by atoms with Crippen LogP contribution in [0.5, 0.6) is 0 Å². The molecule has 0 saturated carbocycles. The monoisotopic (exact) mass is 314 g/mol. The van der Waals surface area contributed by atoms with E-state index in [4.69, 9.17) is 17.2 Å². The molecule has 0 atom stereocenters. The molecule has 0 amide bonds. The molecule has 4 aromatic carbocycles. The van der Waals surface area contributed by atoms with Gasteiger partial charge in [0.2, 0.25) is 0 Å². The van der Waals surface area contributed by atoms with Gasteiger partial charge in [0.25, 0.3) is 0 Å². The molecule has 0 aliphatic rings. The minimum atomic E-state index is 0.701. The summed E-state index contributed by atoms with van der Waals surface area (Å²) in [6.07, 6.45) is 0. The molecule has 7 N–H and O–H groups in total. The Labute approximate surface area is 139 Å². The van der Waals surface area contributed by atoms with Crippen LogP contribution in [0.3, 0.4) is 0 Å². The molecule has 0 aromatic heterocycles. The van der Waals surface area contributed by atoms with Crippen molar-refractivity contribution in [3.63, 3.8) is 0 Å². The number of nitrogen functional groups attached to an aromatic ring is 3. The average Bonchev–Trinajstić information content (AvgIpc) is 2.56. The normalized spacial score (nSPS) is 11.0. The summed E-state index contributed by atoms with van der Waals surface area (Å²) in [6, 6.07) is 21.8. The van der Waals surface area contributed by atoms with Gasteiger partial charge >= 0.3 is 0 Å². The van der Waals surface area contributed by atoms with E-state index in [0.717, 1.165) is 38.6 Å². The molecule has 24 heavy (non-hydrogen) atoms. The van der Waals surface area contributed by atoms with Crippen molar-refractivity contribution in [2.45, 2.75) is 0 Å². The van der Waals surface area contributed by atoms with Crippen LogP contribution < -0.4 is 22.5 Å². The summed E-state index contributed by atoms with van der Waals surface area (Å²) in [5.74, 6) is 0. The van der Waals surface area contributed by atoms with Gasteiger partial charge in [-0.2, -0.15) is 0 Å². The first-order valence-corrected chi connectivity index (χ1v) is 7.74. The molecule has 4 rings (SSSR count). The van der Waals surface area contributed by atoms with Gasteiger partial charge in [-0.25, -0.2) is 0 Å². The molecule has 0 heterocycles. The van der Waals surface area contributed by atoms with Gasteiger partial charge in [-0.3, -0.25) is 0 Å². The summed E-state index contributed by atoms with van der Waals surface area (Å²) in [6.45, 7) is 0. The highest BCUT2D eigenvalue weighted by molar-refractivity contribution is 5.99. The molecular weight excluding hydrogens is 296 g/mol. The highest BCUT2D eigenvalue weighted by atomic mass is 14.9. The summed E-state index contributed by atoms with van der Waals surface area (Å²) in [4.78, 5) is 0. The van der Waals surface area contributed by atoms with Crippen molar-refractivity contribution in [3.05, 3.63) is 66.7 Å². The second-order valence-electron chi connectivity index (χ2n) is 5.95. The van der Waals surface area contributed by atoms with Gasteiger partial charge in [0.1, 0.15) is 0 Å². The van der Waals surface area contributed by atoms with E-state index in [-0.39, 0.29) is 0 Å². The van der Waals surface area contributed by atoms with Crippen LogP contribution in [-0.4, -0.2) is 0 Å². The highest BCUT2D eigenvalue weighted by Gasteiger charge is 2.04. The van der Waals surface area contributed by atoms with E-state index >= 15 is 0 Å². The van der Waals surface area contributed by atoms with Gasteiger partial charge in [0.15, 0.2) is 0 Å². The van der Waals surface area contributed by atoms with Gasteiger partial charge in [-0.15, -0.1) is 0 Å². The molecule has 0 unspecified atom stereocenters. The molecule has 0 radical (unpaired) electrons. The third kappa shape index (κ3) is 2.44. The largest absolute Gasteiger partial charge is 0.399 e. The van der Waals surface area contributed by atoms with Crippen molar-refractivity contribution in [2.24, 2.45) is 0 Å². The Bertz CT molecular complexity index is 1070. The molecule has 0 fully saturated rings. The van der Waals surface area contributed by atoms with Gasteiger partial charge in [-0.05, 0) is 53.2 Å². The van der Waals surface area contributed by atoms with Crippen LogP contribution >= 0.6 is 0 Å².